The number of nitrogens with one attached hydrogen (secondary N) is 1. The molecule has 0 aromatic carbocycles. The zero-order valence-electron chi connectivity index (χ0n) is 11.7. The van der Waals surface area contributed by atoms with Gasteiger partial charge in [-0.3, -0.25) is 4.79 Å². The minimum Gasteiger partial charge on any atom is -0.377 e. The molecule has 2 aromatic rings. The summed E-state index contributed by atoms with van der Waals surface area (Å²) in [6.07, 6.45) is 5.79. The van der Waals surface area contributed by atoms with Crippen molar-refractivity contribution >= 4 is 21.6 Å². The molecule has 1 aliphatic rings. The molecule has 6 nitrogen and oxygen atoms in total. The number of halogens is 1. The highest BCUT2D eigenvalue weighted by molar-refractivity contribution is 9.10. The molecular weight excluding hydrogens is 334 g/mol. The number of hydrogen-bond donors (Lipinski definition) is 1. The van der Waals surface area contributed by atoms with Crippen LogP contribution in [0.25, 0.3) is 0 Å². The van der Waals surface area contributed by atoms with E-state index < -0.39 is 0 Å². The molecule has 3 rings (SSSR count). The summed E-state index contributed by atoms with van der Waals surface area (Å²) in [4.78, 5) is 20.6. The third kappa shape index (κ3) is 3.47. The molecule has 0 saturated heterocycles. The molecule has 2 heterocycles. The van der Waals surface area contributed by atoms with Crippen molar-refractivity contribution < 1.29 is 0 Å². The number of nitrogens with zero attached hydrogens (tertiary/aromatic N) is 4. The van der Waals surface area contributed by atoms with Crippen LogP contribution in [0.4, 0.5) is 5.69 Å². The zero-order chi connectivity index (χ0) is 14.8. The summed E-state index contributed by atoms with van der Waals surface area (Å²) in [5.74, 6) is 1.34. The fraction of sp³-hybridized carbons (Fsp3) is 0.429. The van der Waals surface area contributed by atoms with Crippen molar-refractivity contribution in [3.63, 3.8) is 0 Å². The molecule has 0 amide bonds. The SMILES string of the molecule is Cc1nccc(CNc2cnn(CC3CC3)c(=O)c2Br)n1. The maximum atomic E-state index is 12.2. The predicted molar refractivity (Wildman–Crippen MR) is 83.0 cm³/mol. The summed E-state index contributed by atoms with van der Waals surface area (Å²) < 4.78 is 2.05. The van der Waals surface area contributed by atoms with Gasteiger partial charge in [0, 0.05) is 12.7 Å². The molecule has 1 N–H and O–H groups in total. The van der Waals surface area contributed by atoms with Gasteiger partial charge in [-0.15, -0.1) is 0 Å². The van der Waals surface area contributed by atoms with Crippen LogP contribution in [-0.4, -0.2) is 19.7 Å². The maximum Gasteiger partial charge on any atom is 0.283 e. The number of hydrogen-bond acceptors (Lipinski definition) is 5. The summed E-state index contributed by atoms with van der Waals surface area (Å²) in [5, 5.41) is 7.41. The Morgan fingerprint density at radius 2 is 2.29 bits per heavy atom. The minimum absolute atomic E-state index is 0.0919. The standard InChI is InChI=1S/C14H16BrN5O/c1-9-16-5-4-11(19-9)6-17-12-7-18-20(8-10-2-3-10)14(21)13(12)15/h4-5,7,10,17H,2-3,6,8H2,1H3. The second-order valence-electron chi connectivity index (χ2n) is 5.25. The molecule has 0 spiro atoms. The highest BCUT2D eigenvalue weighted by Gasteiger charge is 2.23. The average Bonchev–Trinajstić information content (AvgIpc) is 3.27. The number of anilines is 1. The molecule has 21 heavy (non-hydrogen) atoms. The fourth-order valence-corrected chi connectivity index (χ4v) is 2.50. The molecule has 1 saturated carbocycles. The van der Waals surface area contributed by atoms with E-state index in [4.69, 9.17) is 0 Å². The summed E-state index contributed by atoms with van der Waals surface area (Å²) in [6, 6.07) is 1.84. The van der Waals surface area contributed by atoms with Crippen molar-refractivity contribution in [2.24, 2.45) is 5.92 Å². The van der Waals surface area contributed by atoms with Gasteiger partial charge in [-0.2, -0.15) is 5.10 Å². The van der Waals surface area contributed by atoms with Gasteiger partial charge in [-0.05, 0) is 47.7 Å². The van der Waals surface area contributed by atoms with Gasteiger partial charge in [0.2, 0.25) is 0 Å². The number of rotatable bonds is 5. The second-order valence-corrected chi connectivity index (χ2v) is 6.04. The molecular formula is C14H16BrN5O. The van der Waals surface area contributed by atoms with Crippen LogP contribution in [0.3, 0.4) is 0 Å². The van der Waals surface area contributed by atoms with Gasteiger partial charge in [0.25, 0.3) is 5.56 Å². The van der Waals surface area contributed by atoms with Crippen molar-refractivity contribution in [2.45, 2.75) is 32.9 Å². The third-order valence-electron chi connectivity index (χ3n) is 3.41. The fourth-order valence-electron chi connectivity index (χ4n) is 2.05. The molecule has 0 bridgehead atoms. The number of aromatic nitrogens is 4. The molecule has 1 aliphatic carbocycles. The van der Waals surface area contributed by atoms with Crippen molar-refractivity contribution in [1.29, 1.82) is 0 Å². The number of aryl methyl sites for hydroxylation is 1. The van der Waals surface area contributed by atoms with Gasteiger partial charge in [-0.1, -0.05) is 0 Å². The van der Waals surface area contributed by atoms with Crippen LogP contribution in [0.15, 0.2) is 27.7 Å². The summed E-state index contributed by atoms with van der Waals surface area (Å²) in [7, 11) is 0. The Hall–Kier alpha value is -1.76. The van der Waals surface area contributed by atoms with E-state index >= 15 is 0 Å². The zero-order valence-corrected chi connectivity index (χ0v) is 13.3. The van der Waals surface area contributed by atoms with Crippen molar-refractivity contribution in [2.75, 3.05) is 5.32 Å². The Morgan fingerprint density at radius 3 is 3.00 bits per heavy atom. The van der Waals surface area contributed by atoms with E-state index in [0.717, 1.165) is 11.5 Å². The van der Waals surface area contributed by atoms with Gasteiger partial charge >= 0.3 is 0 Å². The van der Waals surface area contributed by atoms with Crippen molar-refractivity contribution in [3.8, 4) is 0 Å². The van der Waals surface area contributed by atoms with Crippen LogP contribution >= 0.6 is 15.9 Å². The average molecular weight is 350 g/mol. The van der Waals surface area contributed by atoms with E-state index in [0.29, 0.717) is 29.2 Å². The van der Waals surface area contributed by atoms with Crippen LogP contribution in [0.5, 0.6) is 0 Å². The lowest BCUT2D eigenvalue weighted by molar-refractivity contribution is 0.532. The maximum absolute atomic E-state index is 12.2. The first kappa shape index (κ1) is 14.2. The van der Waals surface area contributed by atoms with Crippen LogP contribution in [0, 0.1) is 12.8 Å². The quantitative estimate of drug-likeness (QED) is 0.894. The smallest absolute Gasteiger partial charge is 0.283 e. The van der Waals surface area contributed by atoms with E-state index in [2.05, 4.69) is 36.3 Å². The van der Waals surface area contributed by atoms with Crippen LogP contribution < -0.4 is 10.9 Å². The monoisotopic (exact) mass is 349 g/mol. The molecule has 0 aliphatic heterocycles. The predicted octanol–water partition coefficient (Wildman–Crippen LogP) is 2.13. The second kappa shape index (κ2) is 5.93. The van der Waals surface area contributed by atoms with Gasteiger partial charge in [-0.25, -0.2) is 14.6 Å². The minimum atomic E-state index is -0.0919. The summed E-state index contributed by atoms with van der Waals surface area (Å²) in [6.45, 7) is 3.08. The molecule has 2 aromatic heterocycles. The molecule has 1 fully saturated rings. The highest BCUT2D eigenvalue weighted by Crippen LogP contribution is 2.30. The van der Waals surface area contributed by atoms with E-state index in [-0.39, 0.29) is 5.56 Å². The molecule has 0 atom stereocenters. The first-order chi connectivity index (χ1) is 10.1. The normalized spacial score (nSPS) is 14.2. The van der Waals surface area contributed by atoms with E-state index in [1.165, 1.54) is 17.5 Å². The van der Waals surface area contributed by atoms with Crippen LogP contribution in [0.1, 0.15) is 24.4 Å². The van der Waals surface area contributed by atoms with Gasteiger partial charge < -0.3 is 5.32 Å². The van der Waals surface area contributed by atoms with Crippen molar-refractivity contribution in [3.05, 3.63) is 44.8 Å². The topological polar surface area (TPSA) is 72.7 Å². The van der Waals surface area contributed by atoms with E-state index in [1.54, 1.807) is 12.4 Å². The van der Waals surface area contributed by atoms with Crippen LogP contribution in [-0.2, 0) is 13.1 Å². The summed E-state index contributed by atoms with van der Waals surface area (Å²) in [5.41, 5.74) is 1.46. The molecule has 110 valence electrons. The van der Waals surface area contributed by atoms with Crippen LogP contribution in [0.2, 0.25) is 0 Å². The first-order valence-electron chi connectivity index (χ1n) is 6.91. The first-order valence-corrected chi connectivity index (χ1v) is 7.71. The highest BCUT2D eigenvalue weighted by atomic mass is 79.9. The Balaban J connectivity index is 1.73. The van der Waals surface area contributed by atoms with Gasteiger partial charge in [0.15, 0.2) is 0 Å². The Bertz CT molecular complexity index is 711. The Kier molecular flexibility index (Phi) is 4.01. The molecule has 0 unspecified atom stereocenters. The lowest BCUT2D eigenvalue weighted by atomic mass is 10.3. The van der Waals surface area contributed by atoms with E-state index in [1.807, 2.05) is 13.0 Å². The van der Waals surface area contributed by atoms with Gasteiger partial charge in [0.05, 0.1) is 24.1 Å². The Labute approximate surface area is 130 Å². The molecule has 0 radical (unpaired) electrons. The third-order valence-corrected chi connectivity index (χ3v) is 4.17. The lowest BCUT2D eigenvalue weighted by Gasteiger charge is -2.10. The van der Waals surface area contributed by atoms with Gasteiger partial charge in [0.1, 0.15) is 10.3 Å². The molecule has 7 heteroatoms. The van der Waals surface area contributed by atoms with Crippen molar-refractivity contribution in [1.82, 2.24) is 19.7 Å². The lowest BCUT2D eigenvalue weighted by Crippen LogP contribution is -2.25. The Morgan fingerprint density at radius 1 is 1.48 bits per heavy atom. The van der Waals surface area contributed by atoms with E-state index in [9.17, 15) is 4.79 Å². The summed E-state index contributed by atoms with van der Waals surface area (Å²) >= 11 is 3.36. The largest absolute Gasteiger partial charge is 0.377 e.